The molecule has 1 aliphatic carbocycles. The van der Waals surface area contributed by atoms with Crippen LogP contribution >= 0.6 is 0 Å². The summed E-state index contributed by atoms with van der Waals surface area (Å²) in [6.07, 6.45) is 0. The summed E-state index contributed by atoms with van der Waals surface area (Å²) in [5.41, 5.74) is 5.87. The summed E-state index contributed by atoms with van der Waals surface area (Å²) in [6, 6.07) is 0. The Balaban J connectivity index is 0.000000364. The van der Waals surface area contributed by atoms with Crippen LogP contribution in [-0.2, 0) is 0 Å². The Hall–Kier alpha value is -0.560. The van der Waals surface area contributed by atoms with Crippen LogP contribution in [0.3, 0.4) is 0 Å². The van der Waals surface area contributed by atoms with E-state index in [1.54, 1.807) is 0 Å². The van der Waals surface area contributed by atoms with Gasteiger partial charge in [-0.05, 0) is 60.0 Å². The van der Waals surface area contributed by atoms with Gasteiger partial charge in [-0.25, -0.2) is 0 Å². The smallest absolute Gasteiger partial charge is 0.0226 e. The second kappa shape index (κ2) is 5.35. The summed E-state index contributed by atoms with van der Waals surface area (Å²) in [5, 5.41) is 0. The fraction of sp³-hybridized carbons (Fsp3) is 0.615. The molecule has 0 atom stereocenters. The van der Waals surface area contributed by atoms with Gasteiger partial charge in [-0.1, -0.05) is 18.1 Å². The lowest BCUT2D eigenvalue weighted by Crippen LogP contribution is -1.99. The number of allylic oxidation sites excluding steroid dienone is 4. The standard InChI is InChI=1S/C10H15.C3H9N/c1-6-7(2)9(4)10(5)8(6)3;1-4(2)3/h1-5H3;1-3H3. The van der Waals surface area contributed by atoms with Gasteiger partial charge in [0.2, 0.25) is 0 Å². The summed E-state index contributed by atoms with van der Waals surface area (Å²) in [5.74, 6) is 1.47. The third-order valence-corrected chi connectivity index (χ3v) is 2.81. The Morgan fingerprint density at radius 3 is 0.857 bits per heavy atom. The monoisotopic (exact) mass is 194 g/mol. The van der Waals surface area contributed by atoms with E-state index in [0.29, 0.717) is 0 Å². The predicted octanol–water partition coefficient (Wildman–Crippen LogP) is 3.44. The zero-order valence-electron chi connectivity index (χ0n) is 10.9. The third kappa shape index (κ3) is 3.30. The minimum Gasteiger partial charge on any atom is -0.312 e. The predicted molar refractivity (Wildman–Crippen MR) is 65.3 cm³/mol. The van der Waals surface area contributed by atoms with Crippen LogP contribution in [0.4, 0.5) is 0 Å². The first-order valence-corrected chi connectivity index (χ1v) is 5.09. The lowest BCUT2D eigenvalue weighted by Gasteiger charge is -2.04. The molecule has 0 amide bonds. The van der Waals surface area contributed by atoms with Crippen molar-refractivity contribution in [3.8, 4) is 0 Å². The maximum Gasteiger partial charge on any atom is 0.0226 e. The first kappa shape index (κ1) is 13.4. The Morgan fingerprint density at radius 2 is 0.786 bits per heavy atom. The van der Waals surface area contributed by atoms with Crippen molar-refractivity contribution < 1.29 is 0 Å². The zero-order chi connectivity index (χ0) is 11.5. The molecule has 14 heavy (non-hydrogen) atoms. The van der Waals surface area contributed by atoms with Gasteiger partial charge in [0, 0.05) is 5.92 Å². The van der Waals surface area contributed by atoms with Gasteiger partial charge in [-0.3, -0.25) is 0 Å². The molecule has 0 heterocycles. The maximum absolute atomic E-state index is 2.20. The molecule has 0 aromatic rings. The molecule has 0 bridgehead atoms. The van der Waals surface area contributed by atoms with Crippen LogP contribution in [0.2, 0.25) is 0 Å². The van der Waals surface area contributed by atoms with Crippen LogP contribution in [-0.4, -0.2) is 26.0 Å². The normalized spacial score (nSPS) is 17.8. The summed E-state index contributed by atoms with van der Waals surface area (Å²) in [4.78, 5) is 2.00. The Labute approximate surface area is 89.5 Å². The molecule has 0 unspecified atom stereocenters. The zero-order valence-corrected chi connectivity index (χ0v) is 10.9. The van der Waals surface area contributed by atoms with E-state index in [1.165, 1.54) is 28.2 Å². The van der Waals surface area contributed by atoms with Crippen molar-refractivity contribution in [3.05, 3.63) is 28.2 Å². The average molecular weight is 194 g/mol. The van der Waals surface area contributed by atoms with Crippen LogP contribution in [0.5, 0.6) is 0 Å². The molecule has 0 saturated heterocycles. The maximum atomic E-state index is 2.20. The molecule has 0 N–H and O–H groups in total. The van der Waals surface area contributed by atoms with Gasteiger partial charge in [0.05, 0.1) is 0 Å². The second-order valence-electron chi connectivity index (χ2n) is 4.47. The van der Waals surface area contributed by atoms with Crippen molar-refractivity contribution in [2.24, 2.45) is 0 Å². The molecule has 1 aliphatic rings. The van der Waals surface area contributed by atoms with Crippen molar-refractivity contribution in [3.63, 3.8) is 0 Å². The molecule has 81 valence electrons. The van der Waals surface area contributed by atoms with Crippen LogP contribution in [0, 0.1) is 5.92 Å². The first-order chi connectivity index (χ1) is 6.29. The first-order valence-electron chi connectivity index (χ1n) is 5.09. The Kier molecular flexibility index (Phi) is 5.14. The highest BCUT2D eigenvalue weighted by atomic mass is 15.0. The van der Waals surface area contributed by atoms with Gasteiger partial charge < -0.3 is 4.90 Å². The lowest BCUT2D eigenvalue weighted by molar-refractivity contribution is 0.505. The van der Waals surface area contributed by atoms with E-state index in [4.69, 9.17) is 0 Å². The van der Waals surface area contributed by atoms with Gasteiger partial charge in [0.1, 0.15) is 0 Å². The van der Waals surface area contributed by atoms with E-state index in [1.807, 2.05) is 26.0 Å². The van der Waals surface area contributed by atoms with Gasteiger partial charge in [0.25, 0.3) is 0 Å². The number of rotatable bonds is 0. The molecule has 1 heteroatoms. The van der Waals surface area contributed by atoms with E-state index in [-0.39, 0.29) is 0 Å². The molecule has 1 radical (unpaired) electrons. The van der Waals surface area contributed by atoms with E-state index >= 15 is 0 Å². The van der Waals surface area contributed by atoms with Gasteiger partial charge in [-0.2, -0.15) is 0 Å². The number of hydrogen-bond acceptors (Lipinski definition) is 1. The molecule has 0 aliphatic heterocycles. The van der Waals surface area contributed by atoms with E-state index in [2.05, 4.69) is 34.6 Å². The summed E-state index contributed by atoms with van der Waals surface area (Å²) < 4.78 is 0. The van der Waals surface area contributed by atoms with Crippen LogP contribution in [0.25, 0.3) is 0 Å². The van der Waals surface area contributed by atoms with Crippen molar-refractivity contribution in [2.45, 2.75) is 34.6 Å². The van der Waals surface area contributed by atoms with Gasteiger partial charge in [-0.15, -0.1) is 0 Å². The lowest BCUT2D eigenvalue weighted by atomic mass is 10.00. The summed E-state index contributed by atoms with van der Waals surface area (Å²) in [7, 11) is 6.00. The molecule has 0 aromatic carbocycles. The summed E-state index contributed by atoms with van der Waals surface area (Å²) >= 11 is 0. The van der Waals surface area contributed by atoms with Crippen LogP contribution in [0.1, 0.15) is 34.6 Å². The average Bonchev–Trinajstić information content (AvgIpc) is 2.23. The van der Waals surface area contributed by atoms with Crippen LogP contribution < -0.4 is 0 Å². The molecular formula is C13H24N. The van der Waals surface area contributed by atoms with Crippen molar-refractivity contribution in [2.75, 3.05) is 21.1 Å². The minimum absolute atomic E-state index is 1.47. The fourth-order valence-electron chi connectivity index (χ4n) is 1.41. The topological polar surface area (TPSA) is 3.24 Å². The SMILES string of the molecule is CN(C)C.C[C]1C(C)=C(C)C(C)=C1C. The van der Waals surface area contributed by atoms with E-state index in [0.717, 1.165) is 0 Å². The quantitative estimate of drug-likeness (QED) is 0.571. The van der Waals surface area contributed by atoms with Gasteiger partial charge in [0.15, 0.2) is 0 Å². The molecule has 0 spiro atoms. The number of hydrogen-bond donors (Lipinski definition) is 0. The van der Waals surface area contributed by atoms with Crippen molar-refractivity contribution in [1.29, 1.82) is 0 Å². The summed E-state index contributed by atoms with van der Waals surface area (Å²) in [6.45, 7) is 11.0. The second-order valence-corrected chi connectivity index (χ2v) is 4.47. The molecule has 0 saturated carbocycles. The highest BCUT2D eigenvalue weighted by Gasteiger charge is 2.19. The highest BCUT2D eigenvalue weighted by molar-refractivity contribution is 5.56. The largest absolute Gasteiger partial charge is 0.312 e. The van der Waals surface area contributed by atoms with Crippen molar-refractivity contribution in [1.82, 2.24) is 4.90 Å². The molecule has 1 nitrogen and oxygen atoms in total. The van der Waals surface area contributed by atoms with Gasteiger partial charge >= 0.3 is 0 Å². The van der Waals surface area contributed by atoms with E-state index < -0.39 is 0 Å². The number of nitrogens with zero attached hydrogens (tertiary/aromatic N) is 1. The molecule has 0 aromatic heterocycles. The molecular weight excluding hydrogens is 170 g/mol. The molecule has 0 fully saturated rings. The van der Waals surface area contributed by atoms with Crippen molar-refractivity contribution >= 4 is 0 Å². The Morgan fingerprint density at radius 1 is 0.571 bits per heavy atom. The minimum atomic E-state index is 1.47. The van der Waals surface area contributed by atoms with E-state index in [9.17, 15) is 0 Å². The third-order valence-electron chi connectivity index (χ3n) is 2.81. The fourth-order valence-corrected chi connectivity index (χ4v) is 1.41. The molecule has 1 rings (SSSR count). The highest BCUT2D eigenvalue weighted by Crippen LogP contribution is 2.37. The van der Waals surface area contributed by atoms with Crippen LogP contribution in [0.15, 0.2) is 22.3 Å². The Bertz CT molecular complexity index is 230.